The Balaban J connectivity index is 1.73. The fourth-order valence-electron chi connectivity index (χ4n) is 5.37. The fourth-order valence-corrected chi connectivity index (χ4v) is 5.65. The van der Waals surface area contributed by atoms with E-state index in [1.807, 2.05) is 0 Å². The van der Waals surface area contributed by atoms with Gasteiger partial charge in [0.1, 0.15) is 5.60 Å². The highest BCUT2D eigenvalue weighted by atomic mass is 79.9. The second-order valence-electron chi connectivity index (χ2n) is 7.54. The number of carbonyl (C=O) groups is 1. The Morgan fingerprint density at radius 1 is 1.37 bits per heavy atom. The molecular formula is C16H25BrO2. The molecule has 5 atom stereocenters. The van der Waals surface area contributed by atoms with Crippen LogP contribution in [0.5, 0.6) is 0 Å². The average molecular weight is 329 g/mol. The largest absolute Gasteiger partial charge is 0.459 e. The highest BCUT2D eigenvalue weighted by molar-refractivity contribution is 9.09. The van der Waals surface area contributed by atoms with Gasteiger partial charge in [-0.25, -0.2) is 0 Å². The molecule has 0 saturated heterocycles. The topological polar surface area (TPSA) is 26.3 Å². The van der Waals surface area contributed by atoms with Crippen molar-refractivity contribution >= 4 is 21.9 Å². The Hall–Kier alpha value is -0.0500. The maximum Gasteiger partial charge on any atom is 0.306 e. The summed E-state index contributed by atoms with van der Waals surface area (Å²) in [4.78, 5) is 12.0. The first-order valence-electron chi connectivity index (χ1n) is 7.74. The highest BCUT2D eigenvalue weighted by Gasteiger charge is 2.60. The van der Waals surface area contributed by atoms with Crippen LogP contribution in [-0.2, 0) is 9.53 Å². The van der Waals surface area contributed by atoms with Crippen LogP contribution in [-0.4, -0.2) is 16.9 Å². The molecule has 0 heterocycles. The Morgan fingerprint density at radius 2 is 2.16 bits per heavy atom. The van der Waals surface area contributed by atoms with Gasteiger partial charge in [0.05, 0.1) is 0 Å². The molecule has 4 fully saturated rings. The molecule has 0 aromatic rings. The Kier molecular flexibility index (Phi) is 3.48. The van der Waals surface area contributed by atoms with Gasteiger partial charge in [-0.05, 0) is 61.7 Å². The molecule has 0 radical (unpaired) electrons. The normalized spacial score (nSPS) is 47.4. The van der Waals surface area contributed by atoms with Crippen molar-refractivity contribution in [2.45, 2.75) is 64.4 Å². The van der Waals surface area contributed by atoms with Crippen LogP contribution in [0, 0.1) is 23.2 Å². The van der Waals surface area contributed by atoms with Crippen molar-refractivity contribution in [3.8, 4) is 0 Å². The number of hydrogen-bond acceptors (Lipinski definition) is 2. The van der Waals surface area contributed by atoms with E-state index in [1.54, 1.807) is 0 Å². The number of carbonyl (C=O) groups excluding carboxylic acids is 1. The van der Waals surface area contributed by atoms with Gasteiger partial charge in [0, 0.05) is 11.8 Å². The molecule has 108 valence electrons. The predicted molar refractivity (Wildman–Crippen MR) is 79.2 cm³/mol. The number of halogens is 1. The van der Waals surface area contributed by atoms with Crippen LogP contribution in [0.15, 0.2) is 0 Å². The van der Waals surface area contributed by atoms with Crippen LogP contribution in [0.1, 0.15) is 58.8 Å². The van der Waals surface area contributed by atoms with Gasteiger partial charge in [-0.3, -0.25) is 4.79 Å². The summed E-state index contributed by atoms with van der Waals surface area (Å²) in [6.07, 6.45) is 7.53. The van der Waals surface area contributed by atoms with Crippen molar-refractivity contribution in [1.82, 2.24) is 0 Å². The molecule has 3 heteroatoms. The van der Waals surface area contributed by atoms with E-state index < -0.39 is 0 Å². The SMILES string of the molecule is CC1C2CC3CC(OC(=O)CCCBr)(C2)CC1(C)C3. The van der Waals surface area contributed by atoms with E-state index in [9.17, 15) is 4.79 Å². The standard InChI is InChI=1S/C16H25BrO2/c1-11-13-6-12-7-15(11,2)10-16(8-12,9-13)19-14(18)4-3-5-17/h11-13H,3-10H2,1-2H3. The van der Waals surface area contributed by atoms with Crippen molar-refractivity contribution < 1.29 is 9.53 Å². The summed E-state index contributed by atoms with van der Waals surface area (Å²) >= 11 is 3.38. The molecule has 4 aliphatic rings. The van der Waals surface area contributed by atoms with Gasteiger partial charge in [-0.1, -0.05) is 29.8 Å². The molecule has 0 aromatic carbocycles. The predicted octanol–water partition coefficient (Wildman–Crippen LogP) is 4.31. The van der Waals surface area contributed by atoms with Gasteiger partial charge >= 0.3 is 5.97 Å². The van der Waals surface area contributed by atoms with Crippen LogP contribution in [0.4, 0.5) is 0 Å². The Bertz CT molecular complexity index is 383. The van der Waals surface area contributed by atoms with Crippen LogP contribution in [0.2, 0.25) is 0 Å². The van der Waals surface area contributed by atoms with E-state index in [0.717, 1.165) is 48.8 Å². The second-order valence-corrected chi connectivity index (χ2v) is 8.34. The monoisotopic (exact) mass is 328 g/mol. The zero-order valence-electron chi connectivity index (χ0n) is 12.1. The average Bonchev–Trinajstić information content (AvgIpc) is 2.31. The maximum atomic E-state index is 12.0. The van der Waals surface area contributed by atoms with E-state index in [4.69, 9.17) is 4.74 Å². The summed E-state index contributed by atoms with van der Waals surface area (Å²) in [5, 5.41) is 0.884. The van der Waals surface area contributed by atoms with Gasteiger partial charge in [0.25, 0.3) is 0 Å². The third-order valence-electron chi connectivity index (χ3n) is 6.06. The molecule has 19 heavy (non-hydrogen) atoms. The van der Waals surface area contributed by atoms with Crippen molar-refractivity contribution in [3.05, 3.63) is 0 Å². The lowest BCUT2D eigenvalue weighted by atomic mass is 9.44. The lowest BCUT2D eigenvalue weighted by Gasteiger charge is -2.63. The summed E-state index contributed by atoms with van der Waals surface area (Å²) < 4.78 is 6.01. The minimum atomic E-state index is -0.101. The summed E-state index contributed by atoms with van der Waals surface area (Å²) in [5.74, 6) is 2.42. The number of rotatable bonds is 4. The number of alkyl halides is 1. The molecule has 4 rings (SSSR count). The number of esters is 1. The zero-order valence-corrected chi connectivity index (χ0v) is 13.7. The van der Waals surface area contributed by atoms with Gasteiger partial charge in [0.15, 0.2) is 0 Å². The van der Waals surface area contributed by atoms with Crippen molar-refractivity contribution in [1.29, 1.82) is 0 Å². The maximum absolute atomic E-state index is 12.0. The molecule has 4 bridgehead atoms. The third-order valence-corrected chi connectivity index (χ3v) is 6.62. The summed E-state index contributed by atoms with van der Waals surface area (Å²) in [6, 6.07) is 0. The minimum Gasteiger partial charge on any atom is -0.459 e. The van der Waals surface area contributed by atoms with Crippen LogP contribution < -0.4 is 0 Å². The van der Waals surface area contributed by atoms with E-state index in [2.05, 4.69) is 29.8 Å². The fraction of sp³-hybridized carbons (Fsp3) is 0.938. The third kappa shape index (κ3) is 2.36. The zero-order chi connectivity index (χ0) is 13.7. The van der Waals surface area contributed by atoms with Crippen molar-refractivity contribution in [3.63, 3.8) is 0 Å². The molecule has 2 nitrogen and oxygen atoms in total. The first-order valence-corrected chi connectivity index (χ1v) is 8.86. The van der Waals surface area contributed by atoms with Gasteiger partial charge in [-0.15, -0.1) is 0 Å². The van der Waals surface area contributed by atoms with Crippen LogP contribution >= 0.6 is 15.9 Å². The molecule has 0 aliphatic heterocycles. The summed E-state index contributed by atoms with van der Waals surface area (Å²) in [5.41, 5.74) is 0.316. The lowest BCUT2D eigenvalue weighted by molar-refractivity contribution is -0.213. The molecule has 0 aromatic heterocycles. The quantitative estimate of drug-likeness (QED) is 0.567. The second kappa shape index (κ2) is 4.75. The van der Waals surface area contributed by atoms with Gasteiger partial charge in [0.2, 0.25) is 0 Å². The lowest BCUT2D eigenvalue weighted by Crippen LogP contribution is -2.60. The molecular weight excluding hydrogens is 304 g/mol. The molecule has 5 unspecified atom stereocenters. The molecule has 4 aliphatic carbocycles. The van der Waals surface area contributed by atoms with E-state index >= 15 is 0 Å². The van der Waals surface area contributed by atoms with Crippen molar-refractivity contribution in [2.24, 2.45) is 23.2 Å². The molecule has 0 N–H and O–H groups in total. The van der Waals surface area contributed by atoms with Crippen molar-refractivity contribution in [2.75, 3.05) is 5.33 Å². The molecule has 4 saturated carbocycles. The highest BCUT2D eigenvalue weighted by Crippen LogP contribution is 2.65. The summed E-state index contributed by atoms with van der Waals surface area (Å²) in [7, 11) is 0. The first-order chi connectivity index (χ1) is 8.96. The van der Waals surface area contributed by atoms with E-state index in [1.165, 1.54) is 12.8 Å². The molecule has 0 amide bonds. The minimum absolute atomic E-state index is 0.0256. The van der Waals surface area contributed by atoms with Crippen LogP contribution in [0.3, 0.4) is 0 Å². The van der Waals surface area contributed by atoms with Gasteiger partial charge in [-0.2, -0.15) is 0 Å². The number of hydrogen-bond donors (Lipinski definition) is 0. The first kappa shape index (κ1) is 13.9. The Morgan fingerprint density at radius 3 is 2.84 bits per heavy atom. The van der Waals surface area contributed by atoms with E-state index in [-0.39, 0.29) is 11.6 Å². The van der Waals surface area contributed by atoms with Crippen LogP contribution in [0.25, 0.3) is 0 Å². The van der Waals surface area contributed by atoms with E-state index in [0.29, 0.717) is 11.8 Å². The Labute approximate surface area is 124 Å². The molecule has 0 spiro atoms. The number of ether oxygens (including phenoxy) is 1. The summed E-state index contributed by atoms with van der Waals surface area (Å²) in [6.45, 7) is 4.85. The van der Waals surface area contributed by atoms with Gasteiger partial charge < -0.3 is 4.74 Å². The smallest absolute Gasteiger partial charge is 0.306 e.